The molecule has 0 amide bonds. The SMILES string of the molecule is CC1(O)CCNCC1.c1ccncc1. The first-order valence-electron chi connectivity index (χ1n) is 4.99. The summed E-state index contributed by atoms with van der Waals surface area (Å²) in [5.41, 5.74) is -0.384. The van der Waals surface area contributed by atoms with Crippen molar-refractivity contribution < 1.29 is 5.11 Å². The van der Waals surface area contributed by atoms with Crippen LogP contribution in [0, 0.1) is 0 Å². The molecule has 3 heteroatoms. The van der Waals surface area contributed by atoms with E-state index in [1.165, 1.54) is 0 Å². The molecule has 0 aromatic carbocycles. The van der Waals surface area contributed by atoms with E-state index in [-0.39, 0.29) is 5.60 Å². The maximum absolute atomic E-state index is 9.33. The molecular weight excluding hydrogens is 176 g/mol. The molecule has 0 bridgehead atoms. The highest BCUT2D eigenvalue weighted by atomic mass is 16.3. The fourth-order valence-electron chi connectivity index (χ4n) is 1.28. The maximum Gasteiger partial charge on any atom is 0.0644 e. The van der Waals surface area contributed by atoms with Crippen LogP contribution >= 0.6 is 0 Å². The molecule has 1 aromatic rings. The van der Waals surface area contributed by atoms with Gasteiger partial charge in [-0.25, -0.2) is 0 Å². The molecule has 0 spiro atoms. The number of rotatable bonds is 0. The summed E-state index contributed by atoms with van der Waals surface area (Å²) in [4.78, 5) is 3.78. The van der Waals surface area contributed by atoms with Gasteiger partial charge in [-0.2, -0.15) is 0 Å². The molecule has 1 aromatic heterocycles. The van der Waals surface area contributed by atoms with Crippen LogP contribution < -0.4 is 5.32 Å². The Morgan fingerprint density at radius 3 is 1.93 bits per heavy atom. The molecule has 2 rings (SSSR count). The molecule has 1 fully saturated rings. The van der Waals surface area contributed by atoms with E-state index in [0.29, 0.717) is 0 Å². The Kier molecular flexibility index (Phi) is 4.56. The lowest BCUT2D eigenvalue weighted by atomic mass is 9.95. The first-order valence-corrected chi connectivity index (χ1v) is 4.99. The monoisotopic (exact) mass is 194 g/mol. The van der Waals surface area contributed by atoms with Crippen molar-refractivity contribution in [2.24, 2.45) is 0 Å². The second-order valence-electron chi connectivity index (χ2n) is 3.77. The second-order valence-corrected chi connectivity index (χ2v) is 3.77. The van der Waals surface area contributed by atoms with Crippen molar-refractivity contribution in [3.8, 4) is 0 Å². The van der Waals surface area contributed by atoms with Crippen molar-refractivity contribution in [2.75, 3.05) is 13.1 Å². The third-order valence-corrected chi connectivity index (χ3v) is 2.25. The predicted molar refractivity (Wildman–Crippen MR) is 57.0 cm³/mol. The van der Waals surface area contributed by atoms with Crippen molar-refractivity contribution in [3.63, 3.8) is 0 Å². The number of hydrogen-bond acceptors (Lipinski definition) is 3. The molecular formula is C11H18N2O. The summed E-state index contributed by atoms with van der Waals surface area (Å²) < 4.78 is 0. The average molecular weight is 194 g/mol. The van der Waals surface area contributed by atoms with E-state index in [1.807, 2.05) is 25.1 Å². The summed E-state index contributed by atoms with van der Waals surface area (Å²) in [6.45, 7) is 3.83. The largest absolute Gasteiger partial charge is 0.390 e. The van der Waals surface area contributed by atoms with Gasteiger partial charge < -0.3 is 10.4 Å². The fourth-order valence-corrected chi connectivity index (χ4v) is 1.28. The molecule has 0 saturated carbocycles. The van der Waals surface area contributed by atoms with E-state index in [4.69, 9.17) is 0 Å². The second kappa shape index (κ2) is 5.73. The Bertz CT molecular complexity index is 202. The summed E-state index contributed by atoms with van der Waals surface area (Å²) >= 11 is 0. The molecule has 78 valence electrons. The lowest BCUT2D eigenvalue weighted by Gasteiger charge is -2.27. The van der Waals surface area contributed by atoms with Crippen LogP contribution in [0.25, 0.3) is 0 Å². The van der Waals surface area contributed by atoms with Crippen molar-refractivity contribution >= 4 is 0 Å². The number of aliphatic hydroxyl groups is 1. The van der Waals surface area contributed by atoms with Gasteiger partial charge in [0.2, 0.25) is 0 Å². The Hall–Kier alpha value is -0.930. The third kappa shape index (κ3) is 4.94. The number of nitrogens with one attached hydrogen (secondary N) is 1. The Morgan fingerprint density at radius 2 is 1.71 bits per heavy atom. The molecule has 1 aliphatic rings. The van der Waals surface area contributed by atoms with Crippen LogP contribution in [-0.4, -0.2) is 28.8 Å². The van der Waals surface area contributed by atoms with Crippen LogP contribution in [0.1, 0.15) is 19.8 Å². The number of hydrogen-bond donors (Lipinski definition) is 2. The average Bonchev–Trinajstić information content (AvgIpc) is 2.21. The predicted octanol–water partition coefficient (Wildman–Crippen LogP) is 1.20. The molecule has 0 aliphatic carbocycles. The first-order chi connectivity index (χ1) is 6.71. The van der Waals surface area contributed by atoms with Crippen molar-refractivity contribution in [2.45, 2.75) is 25.4 Å². The molecule has 1 saturated heterocycles. The summed E-state index contributed by atoms with van der Waals surface area (Å²) in [5.74, 6) is 0. The zero-order valence-corrected chi connectivity index (χ0v) is 8.61. The zero-order chi connectivity index (χ0) is 10.3. The number of nitrogens with zero attached hydrogens (tertiary/aromatic N) is 1. The molecule has 3 nitrogen and oxygen atoms in total. The minimum Gasteiger partial charge on any atom is -0.390 e. The van der Waals surface area contributed by atoms with Gasteiger partial charge in [-0.15, -0.1) is 0 Å². The van der Waals surface area contributed by atoms with Crippen LogP contribution in [0.15, 0.2) is 30.6 Å². The smallest absolute Gasteiger partial charge is 0.0644 e. The molecule has 2 heterocycles. The quantitative estimate of drug-likeness (QED) is 0.652. The molecule has 1 aliphatic heterocycles. The normalized spacial score (nSPS) is 19.3. The highest BCUT2D eigenvalue weighted by Gasteiger charge is 2.21. The summed E-state index contributed by atoms with van der Waals surface area (Å²) in [7, 11) is 0. The topological polar surface area (TPSA) is 45.1 Å². The molecule has 14 heavy (non-hydrogen) atoms. The number of piperidine rings is 1. The maximum atomic E-state index is 9.33. The standard InChI is InChI=1S/C6H13NO.C5H5N/c1-6(8)2-4-7-5-3-6;1-2-4-6-5-3-1/h7-8H,2-5H2,1H3;1-5H. The van der Waals surface area contributed by atoms with Gasteiger partial charge in [-0.3, -0.25) is 4.98 Å². The molecule has 0 radical (unpaired) electrons. The van der Waals surface area contributed by atoms with Crippen molar-refractivity contribution in [1.82, 2.24) is 10.3 Å². The van der Waals surface area contributed by atoms with E-state index >= 15 is 0 Å². The highest BCUT2D eigenvalue weighted by Crippen LogP contribution is 2.15. The van der Waals surface area contributed by atoms with Gasteiger partial charge in [0, 0.05) is 12.4 Å². The minimum atomic E-state index is -0.384. The summed E-state index contributed by atoms with van der Waals surface area (Å²) in [5, 5.41) is 12.5. The van der Waals surface area contributed by atoms with Gasteiger partial charge in [0.05, 0.1) is 5.60 Å². The van der Waals surface area contributed by atoms with E-state index < -0.39 is 0 Å². The van der Waals surface area contributed by atoms with Crippen LogP contribution in [0.4, 0.5) is 0 Å². The summed E-state index contributed by atoms with van der Waals surface area (Å²) in [6, 6.07) is 5.72. The van der Waals surface area contributed by atoms with Gasteiger partial charge in [0.25, 0.3) is 0 Å². The van der Waals surface area contributed by atoms with Crippen LogP contribution in [0.5, 0.6) is 0 Å². The zero-order valence-electron chi connectivity index (χ0n) is 8.61. The minimum absolute atomic E-state index is 0.384. The van der Waals surface area contributed by atoms with E-state index in [2.05, 4.69) is 10.3 Å². The number of aromatic nitrogens is 1. The van der Waals surface area contributed by atoms with Crippen molar-refractivity contribution in [3.05, 3.63) is 30.6 Å². The lowest BCUT2D eigenvalue weighted by molar-refractivity contribution is 0.0291. The first kappa shape index (κ1) is 11.1. The van der Waals surface area contributed by atoms with E-state index in [1.54, 1.807) is 12.4 Å². The van der Waals surface area contributed by atoms with Crippen LogP contribution in [0.3, 0.4) is 0 Å². The van der Waals surface area contributed by atoms with E-state index in [9.17, 15) is 5.11 Å². The Balaban J connectivity index is 0.000000146. The van der Waals surface area contributed by atoms with Gasteiger partial charge >= 0.3 is 0 Å². The fraction of sp³-hybridized carbons (Fsp3) is 0.545. The molecule has 0 atom stereocenters. The third-order valence-electron chi connectivity index (χ3n) is 2.25. The van der Waals surface area contributed by atoms with Gasteiger partial charge in [-0.1, -0.05) is 6.07 Å². The van der Waals surface area contributed by atoms with Gasteiger partial charge in [0.15, 0.2) is 0 Å². The van der Waals surface area contributed by atoms with Crippen molar-refractivity contribution in [1.29, 1.82) is 0 Å². The highest BCUT2D eigenvalue weighted by molar-refractivity contribution is 4.88. The lowest BCUT2D eigenvalue weighted by Crippen LogP contribution is -2.39. The Labute approximate surface area is 85.2 Å². The summed E-state index contributed by atoms with van der Waals surface area (Å²) in [6.07, 6.45) is 5.29. The van der Waals surface area contributed by atoms with Crippen LogP contribution in [0.2, 0.25) is 0 Å². The van der Waals surface area contributed by atoms with Gasteiger partial charge in [0.1, 0.15) is 0 Å². The van der Waals surface area contributed by atoms with E-state index in [0.717, 1.165) is 25.9 Å². The molecule has 0 unspecified atom stereocenters. The Morgan fingerprint density at radius 1 is 1.14 bits per heavy atom. The van der Waals surface area contributed by atoms with Gasteiger partial charge in [-0.05, 0) is 45.0 Å². The molecule has 2 N–H and O–H groups in total. The number of pyridine rings is 1. The van der Waals surface area contributed by atoms with Crippen LogP contribution in [-0.2, 0) is 0 Å².